The molecule has 1 rings (SSSR count). The standard InChI is InChI=1S/C10H14N4O3/c1-6(4-10(12)15)13-9-3-2-7(14(16)17)5-8(9)11/h2-3,5-6,13H,4,11H2,1H3,(H2,12,15). The summed E-state index contributed by atoms with van der Waals surface area (Å²) in [5, 5.41) is 13.5. The molecule has 92 valence electrons. The fraction of sp³-hybridized carbons (Fsp3) is 0.300. The molecule has 1 aromatic carbocycles. The van der Waals surface area contributed by atoms with Crippen molar-refractivity contribution < 1.29 is 9.72 Å². The second-order valence-electron chi connectivity index (χ2n) is 3.74. The van der Waals surface area contributed by atoms with Crippen molar-refractivity contribution in [1.82, 2.24) is 0 Å². The molecule has 5 N–H and O–H groups in total. The molecule has 1 aromatic rings. The van der Waals surface area contributed by atoms with Crippen molar-refractivity contribution in [3.63, 3.8) is 0 Å². The molecule has 1 amide bonds. The van der Waals surface area contributed by atoms with Crippen LogP contribution in [0.2, 0.25) is 0 Å². The van der Waals surface area contributed by atoms with E-state index in [0.717, 1.165) is 0 Å². The van der Waals surface area contributed by atoms with Crippen LogP contribution in [0.25, 0.3) is 0 Å². The molecule has 0 aliphatic heterocycles. The number of carbonyl (C=O) groups excluding carboxylic acids is 1. The number of nitrogens with zero attached hydrogens (tertiary/aromatic N) is 1. The SMILES string of the molecule is CC(CC(N)=O)Nc1ccc([N+](=O)[O-])cc1N. The van der Waals surface area contributed by atoms with Gasteiger partial charge in [-0.2, -0.15) is 0 Å². The molecule has 0 spiro atoms. The van der Waals surface area contributed by atoms with Gasteiger partial charge in [-0.1, -0.05) is 0 Å². The molecule has 0 saturated heterocycles. The summed E-state index contributed by atoms with van der Waals surface area (Å²) >= 11 is 0. The van der Waals surface area contributed by atoms with Gasteiger partial charge in [-0.05, 0) is 13.0 Å². The van der Waals surface area contributed by atoms with E-state index < -0.39 is 10.8 Å². The van der Waals surface area contributed by atoms with Crippen molar-refractivity contribution >= 4 is 23.0 Å². The van der Waals surface area contributed by atoms with E-state index in [1.54, 1.807) is 6.92 Å². The molecule has 17 heavy (non-hydrogen) atoms. The molecule has 0 radical (unpaired) electrons. The van der Waals surface area contributed by atoms with Gasteiger partial charge < -0.3 is 16.8 Å². The van der Waals surface area contributed by atoms with Crippen molar-refractivity contribution in [2.75, 3.05) is 11.1 Å². The van der Waals surface area contributed by atoms with Crippen LogP contribution in [0.5, 0.6) is 0 Å². The van der Waals surface area contributed by atoms with Gasteiger partial charge in [-0.15, -0.1) is 0 Å². The second-order valence-corrected chi connectivity index (χ2v) is 3.74. The van der Waals surface area contributed by atoms with Crippen LogP contribution in [0.4, 0.5) is 17.1 Å². The van der Waals surface area contributed by atoms with Gasteiger partial charge in [0.15, 0.2) is 0 Å². The van der Waals surface area contributed by atoms with Crippen molar-refractivity contribution in [2.45, 2.75) is 19.4 Å². The van der Waals surface area contributed by atoms with Crippen molar-refractivity contribution in [1.29, 1.82) is 0 Å². The maximum absolute atomic E-state index is 10.7. The van der Waals surface area contributed by atoms with E-state index in [9.17, 15) is 14.9 Å². The first-order chi connectivity index (χ1) is 7.90. The number of nitrogen functional groups attached to an aromatic ring is 1. The highest BCUT2D eigenvalue weighted by atomic mass is 16.6. The Balaban J connectivity index is 2.79. The van der Waals surface area contributed by atoms with Crippen molar-refractivity contribution in [3.05, 3.63) is 28.3 Å². The average Bonchev–Trinajstić information content (AvgIpc) is 2.19. The molecule has 0 saturated carbocycles. The van der Waals surface area contributed by atoms with Crippen LogP contribution >= 0.6 is 0 Å². The van der Waals surface area contributed by atoms with Gasteiger partial charge in [0.1, 0.15) is 0 Å². The maximum atomic E-state index is 10.7. The predicted molar refractivity (Wildman–Crippen MR) is 64.4 cm³/mol. The number of amides is 1. The normalized spacial score (nSPS) is 11.8. The smallest absolute Gasteiger partial charge is 0.271 e. The number of nitrogens with two attached hydrogens (primary N) is 2. The minimum absolute atomic E-state index is 0.0735. The molecular weight excluding hydrogens is 224 g/mol. The molecule has 7 nitrogen and oxygen atoms in total. The van der Waals surface area contributed by atoms with Crippen molar-refractivity contribution in [3.8, 4) is 0 Å². The first kappa shape index (κ1) is 12.8. The third kappa shape index (κ3) is 3.63. The highest BCUT2D eigenvalue weighted by molar-refractivity contribution is 5.76. The minimum Gasteiger partial charge on any atom is -0.397 e. The lowest BCUT2D eigenvalue weighted by atomic mass is 10.2. The first-order valence-corrected chi connectivity index (χ1v) is 4.99. The number of primary amides is 1. The molecule has 0 bridgehead atoms. The first-order valence-electron chi connectivity index (χ1n) is 4.99. The molecule has 0 aliphatic carbocycles. The number of nitrogens with one attached hydrogen (secondary N) is 1. The number of nitro benzene ring substituents is 1. The number of benzene rings is 1. The summed E-state index contributed by atoms with van der Waals surface area (Å²) < 4.78 is 0. The van der Waals surface area contributed by atoms with Crippen LogP contribution < -0.4 is 16.8 Å². The minimum atomic E-state index is -0.521. The summed E-state index contributed by atoms with van der Waals surface area (Å²) in [4.78, 5) is 20.7. The Kier molecular flexibility index (Phi) is 3.86. The fourth-order valence-electron chi connectivity index (χ4n) is 1.41. The van der Waals surface area contributed by atoms with E-state index in [2.05, 4.69) is 5.32 Å². The molecule has 0 aromatic heterocycles. The van der Waals surface area contributed by atoms with Crippen LogP contribution in [-0.4, -0.2) is 16.9 Å². The Morgan fingerprint density at radius 3 is 2.71 bits per heavy atom. The highest BCUT2D eigenvalue weighted by Crippen LogP contribution is 2.24. The molecule has 1 atom stereocenters. The Bertz CT molecular complexity index is 447. The monoisotopic (exact) mass is 238 g/mol. The van der Waals surface area contributed by atoms with Crippen LogP contribution in [0.3, 0.4) is 0 Å². The van der Waals surface area contributed by atoms with Gasteiger partial charge in [-0.3, -0.25) is 14.9 Å². The molecular formula is C10H14N4O3. The van der Waals surface area contributed by atoms with Crippen LogP contribution in [-0.2, 0) is 4.79 Å². The zero-order chi connectivity index (χ0) is 13.0. The zero-order valence-corrected chi connectivity index (χ0v) is 9.34. The van der Waals surface area contributed by atoms with E-state index in [-0.39, 0.29) is 23.8 Å². The lowest BCUT2D eigenvalue weighted by Gasteiger charge is -2.14. The number of nitro groups is 1. The van der Waals surface area contributed by atoms with E-state index in [0.29, 0.717) is 5.69 Å². The third-order valence-electron chi connectivity index (χ3n) is 2.16. The van der Waals surface area contributed by atoms with Gasteiger partial charge in [-0.25, -0.2) is 0 Å². The third-order valence-corrected chi connectivity index (χ3v) is 2.16. The summed E-state index contributed by atoms with van der Waals surface area (Å²) in [7, 11) is 0. The Hall–Kier alpha value is -2.31. The number of non-ortho nitro benzene ring substituents is 1. The number of carbonyl (C=O) groups is 1. The Morgan fingerprint density at radius 1 is 1.59 bits per heavy atom. The molecule has 0 aliphatic rings. The Morgan fingerprint density at radius 2 is 2.24 bits per heavy atom. The average molecular weight is 238 g/mol. The maximum Gasteiger partial charge on any atom is 0.271 e. The topological polar surface area (TPSA) is 124 Å². The number of hydrogen-bond acceptors (Lipinski definition) is 5. The van der Waals surface area contributed by atoms with Gasteiger partial charge in [0.05, 0.1) is 16.3 Å². The summed E-state index contributed by atoms with van der Waals surface area (Å²) in [6, 6.07) is 3.93. The summed E-state index contributed by atoms with van der Waals surface area (Å²) in [5.41, 5.74) is 11.4. The van der Waals surface area contributed by atoms with E-state index >= 15 is 0 Å². The number of anilines is 2. The van der Waals surface area contributed by atoms with Gasteiger partial charge in [0.25, 0.3) is 5.69 Å². The molecule has 0 heterocycles. The molecule has 1 unspecified atom stereocenters. The highest BCUT2D eigenvalue weighted by Gasteiger charge is 2.11. The lowest BCUT2D eigenvalue weighted by Crippen LogP contribution is -2.24. The summed E-state index contributed by atoms with van der Waals surface area (Å²) in [6.07, 6.45) is 0.163. The molecule has 7 heteroatoms. The van der Waals surface area contributed by atoms with Gasteiger partial charge in [0.2, 0.25) is 5.91 Å². The van der Waals surface area contributed by atoms with E-state index in [1.165, 1.54) is 18.2 Å². The lowest BCUT2D eigenvalue weighted by molar-refractivity contribution is -0.384. The van der Waals surface area contributed by atoms with Crippen LogP contribution in [0.1, 0.15) is 13.3 Å². The van der Waals surface area contributed by atoms with Crippen molar-refractivity contribution in [2.24, 2.45) is 5.73 Å². The van der Waals surface area contributed by atoms with Gasteiger partial charge in [0, 0.05) is 24.6 Å². The predicted octanol–water partition coefficient (Wildman–Crippen LogP) is 0.853. The van der Waals surface area contributed by atoms with Crippen LogP contribution in [0, 0.1) is 10.1 Å². The molecule has 0 fully saturated rings. The summed E-state index contributed by atoms with van der Waals surface area (Å²) in [5.74, 6) is -0.425. The Labute approximate surface area is 97.9 Å². The second kappa shape index (κ2) is 5.15. The van der Waals surface area contributed by atoms with E-state index in [1.807, 2.05) is 0 Å². The van der Waals surface area contributed by atoms with E-state index in [4.69, 9.17) is 11.5 Å². The quantitative estimate of drug-likeness (QED) is 0.398. The fourth-order valence-corrected chi connectivity index (χ4v) is 1.41. The number of hydrogen-bond donors (Lipinski definition) is 3. The zero-order valence-electron chi connectivity index (χ0n) is 9.34. The van der Waals surface area contributed by atoms with Crippen LogP contribution in [0.15, 0.2) is 18.2 Å². The largest absolute Gasteiger partial charge is 0.397 e. The van der Waals surface area contributed by atoms with Gasteiger partial charge >= 0.3 is 0 Å². The number of rotatable bonds is 5. The summed E-state index contributed by atoms with van der Waals surface area (Å²) in [6.45, 7) is 1.77.